The maximum absolute atomic E-state index is 9.30. The monoisotopic (exact) mass is 330 g/mol. The third kappa shape index (κ3) is 3.10. The first kappa shape index (κ1) is 17.5. The summed E-state index contributed by atoms with van der Waals surface area (Å²) < 4.78 is 8.63. The van der Waals surface area contributed by atoms with E-state index in [4.69, 9.17) is 4.74 Å². The zero-order valence-electron chi connectivity index (χ0n) is 15.1. The Morgan fingerprint density at radius 2 is 2.17 bits per heavy atom. The summed E-state index contributed by atoms with van der Waals surface area (Å²) in [5.74, 6) is 0. The van der Waals surface area contributed by atoms with Crippen LogP contribution in [0.25, 0.3) is 10.9 Å². The molecule has 0 fully saturated rings. The molecular formula is C20H30N2O2. The second-order valence-corrected chi connectivity index (χ2v) is 7.10. The molecule has 0 amide bonds. The first-order valence-corrected chi connectivity index (χ1v) is 9.19. The van der Waals surface area contributed by atoms with Crippen LogP contribution in [-0.2, 0) is 23.4 Å². The molecule has 2 N–H and O–H groups in total. The summed E-state index contributed by atoms with van der Waals surface area (Å²) >= 11 is 0. The Hall–Kier alpha value is -1.36. The summed E-state index contributed by atoms with van der Waals surface area (Å²) in [5, 5.41) is 14.3. The number of aromatic nitrogens is 1. The number of fused-ring (bicyclic) bond motifs is 3. The van der Waals surface area contributed by atoms with Crippen molar-refractivity contribution >= 4 is 10.9 Å². The smallest absolute Gasteiger partial charge is 0.106 e. The Bertz CT molecular complexity index is 694. The average molecular weight is 330 g/mol. The second-order valence-electron chi connectivity index (χ2n) is 7.10. The van der Waals surface area contributed by atoms with E-state index in [1.165, 1.54) is 22.2 Å². The number of aliphatic hydroxyl groups is 1. The van der Waals surface area contributed by atoms with Gasteiger partial charge >= 0.3 is 0 Å². The molecule has 132 valence electrons. The minimum Gasteiger partial charge on any atom is -0.396 e. The number of rotatable bonds is 7. The third-order valence-electron chi connectivity index (χ3n) is 5.37. The summed E-state index contributed by atoms with van der Waals surface area (Å²) in [4.78, 5) is 0. The molecule has 4 heteroatoms. The molecule has 0 spiro atoms. The highest BCUT2D eigenvalue weighted by atomic mass is 16.5. The van der Waals surface area contributed by atoms with Crippen molar-refractivity contribution in [2.75, 3.05) is 13.2 Å². The van der Waals surface area contributed by atoms with Crippen LogP contribution in [0.5, 0.6) is 0 Å². The van der Waals surface area contributed by atoms with E-state index in [0.29, 0.717) is 6.04 Å². The van der Waals surface area contributed by atoms with Crippen molar-refractivity contribution in [1.82, 2.24) is 9.88 Å². The van der Waals surface area contributed by atoms with Crippen LogP contribution < -0.4 is 5.32 Å². The zero-order valence-corrected chi connectivity index (χ0v) is 15.1. The Labute approximate surface area is 144 Å². The molecule has 1 aliphatic rings. The molecule has 2 atom stereocenters. The largest absolute Gasteiger partial charge is 0.396 e. The number of aliphatic hydroxyl groups excluding tert-OH is 1. The maximum atomic E-state index is 9.30. The van der Waals surface area contributed by atoms with Gasteiger partial charge in [0, 0.05) is 23.6 Å². The van der Waals surface area contributed by atoms with Crippen LogP contribution in [0.4, 0.5) is 0 Å². The number of hydrogen-bond acceptors (Lipinski definition) is 3. The van der Waals surface area contributed by atoms with Crippen LogP contribution in [0, 0.1) is 0 Å². The predicted molar refractivity (Wildman–Crippen MR) is 98.2 cm³/mol. The average Bonchev–Trinajstić information content (AvgIpc) is 2.93. The molecule has 0 saturated carbocycles. The summed E-state index contributed by atoms with van der Waals surface area (Å²) in [5.41, 5.74) is 3.66. The topological polar surface area (TPSA) is 46.4 Å². The first-order valence-electron chi connectivity index (χ1n) is 9.19. The van der Waals surface area contributed by atoms with E-state index in [-0.39, 0.29) is 12.2 Å². The molecule has 24 heavy (non-hydrogen) atoms. The number of nitrogens with one attached hydrogen (secondary N) is 1. The second kappa shape index (κ2) is 7.26. The van der Waals surface area contributed by atoms with Crippen LogP contribution in [-0.4, -0.2) is 28.9 Å². The highest BCUT2D eigenvalue weighted by Gasteiger charge is 2.37. The van der Waals surface area contributed by atoms with Crippen molar-refractivity contribution in [2.24, 2.45) is 0 Å². The third-order valence-corrected chi connectivity index (χ3v) is 5.37. The van der Waals surface area contributed by atoms with Gasteiger partial charge in [-0.15, -0.1) is 0 Å². The van der Waals surface area contributed by atoms with E-state index in [1.807, 2.05) is 0 Å². The fraction of sp³-hybridized carbons (Fsp3) is 0.600. The molecule has 0 bridgehead atoms. The molecule has 0 aliphatic carbocycles. The Balaban J connectivity index is 2.09. The van der Waals surface area contributed by atoms with Crippen molar-refractivity contribution in [2.45, 2.75) is 64.8 Å². The van der Waals surface area contributed by atoms with Gasteiger partial charge in [-0.2, -0.15) is 0 Å². The highest BCUT2D eigenvalue weighted by Crippen LogP contribution is 2.41. The van der Waals surface area contributed by atoms with E-state index in [1.54, 1.807) is 0 Å². The lowest BCUT2D eigenvalue weighted by atomic mass is 9.89. The lowest BCUT2D eigenvalue weighted by Crippen LogP contribution is -2.37. The summed E-state index contributed by atoms with van der Waals surface area (Å²) in [7, 11) is 0. The highest BCUT2D eigenvalue weighted by molar-refractivity contribution is 5.86. The van der Waals surface area contributed by atoms with E-state index in [9.17, 15) is 5.11 Å². The van der Waals surface area contributed by atoms with E-state index in [2.05, 4.69) is 54.9 Å². The number of nitrogens with zero attached hydrogens (tertiary/aromatic N) is 1. The quantitative estimate of drug-likeness (QED) is 0.816. The normalized spacial score (nSPS) is 21.8. The van der Waals surface area contributed by atoms with Crippen molar-refractivity contribution in [3.63, 3.8) is 0 Å². The number of hydrogen-bond donors (Lipinski definition) is 2. The van der Waals surface area contributed by atoms with Gasteiger partial charge in [-0.05, 0) is 51.2 Å². The molecule has 1 aromatic heterocycles. The van der Waals surface area contributed by atoms with Crippen LogP contribution >= 0.6 is 0 Å². The van der Waals surface area contributed by atoms with E-state index < -0.39 is 0 Å². The van der Waals surface area contributed by atoms with Crippen molar-refractivity contribution in [1.29, 1.82) is 0 Å². The molecule has 1 aliphatic heterocycles. The van der Waals surface area contributed by atoms with Crippen molar-refractivity contribution < 1.29 is 9.84 Å². The van der Waals surface area contributed by atoms with Gasteiger partial charge in [-0.25, -0.2) is 0 Å². The molecule has 1 aromatic carbocycles. The van der Waals surface area contributed by atoms with Gasteiger partial charge in [0.1, 0.15) is 5.60 Å². The minimum absolute atomic E-state index is 0.208. The zero-order chi connectivity index (χ0) is 17.2. The number of para-hydroxylation sites is 1. The number of benzene rings is 1. The fourth-order valence-electron chi connectivity index (χ4n) is 3.84. The fourth-order valence-corrected chi connectivity index (χ4v) is 3.84. The van der Waals surface area contributed by atoms with Crippen LogP contribution in [0.3, 0.4) is 0 Å². The van der Waals surface area contributed by atoms with Crippen LogP contribution in [0.2, 0.25) is 0 Å². The van der Waals surface area contributed by atoms with Gasteiger partial charge in [0.2, 0.25) is 0 Å². The summed E-state index contributed by atoms with van der Waals surface area (Å²) in [6.07, 6.45) is 3.67. The molecule has 4 nitrogen and oxygen atoms in total. The summed E-state index contributed by atoms with van der Waals surface area (Å²) in [6, 6.07) is 9.15. The molecular weight excluding hydrogens is 300 g/mol. The predicted octanol–water partition coefficient (Wildman–Crippen LogP) is 3.55. The standard InChI is InChI=1S/C20H30N2O2/c1-4-15(2)21-14-22-18-9-6-5-8-16(18)17-10-13-24-20(3,19(17)22)11-7-12-23/h5-6,8-9,15,21,23H,4,7,10-14H2,1-3H3. The molecule has 3 rings (SSSR count). The van der Waals surface area contributed by atoms with Gasteiger partial charge < -0.3 is 14.4 Å². The van der Waals surface area contributed by atoms with Crippen molar-refractivity contribution in [3.05, 3.63) is 35.5 Å². The minimum atomic E-state index is -0.327. The van der Waals surface area contributed by atoms with Gasteiger partial charge in [-0.3, -0.25) is 5.32 Å². The SMILES string of the molecule is CCC(C)NCn1c2c(c3ccccc31)CCOC2(C)CCCO. The molecule has 2 aromatic rings. The van der Waals surface area contributed by atoms with Gasteiger partial charge in [0.05, 0.1) is 19.0 Å². The van der Waals surface area contributed by atoms with E-state index >= 15 is 0 Å². The number of ether oxygens (including phenoxy) is 1. The van der Waals surface area contributed by atoms with Gasteiger partial charge in [-0.1, -0.05) is 25.1 Å². The molecule has 2 unspecified atom stereocenters. The van der Waals surface area contributed by atoms with Crippen molar-refractivity contribution in [3.8, 4) is 0 Å². The first-order chi connectivity index (χ1) is 11.6. The maximum Gasteiger partial charge on any atom is 0.106 e. The van der Waals surface area contributed by atoms with Gasteiger partial charge in [0.25, 0.3) is 0 Å². The molecule has 0 saturated heterocycles. The van der Waals surface area contributed by atoms with Gasteiger partial charge in [0.15, 0.2) is 0 Å². The molecule has 0 radical (unpaired) electrons. The lowest BCUT2D eigenvalue weighted by molar-refractivity contribution is -0.0609. The van der Waals surface area contributed by atoms with E-state index in [0.717, 1.165) is 39.0 Å². The van der Waals surface area contributed by atoms with Crippen LogP contribution in [0.1, 0.15) is 51.3 Å². The Kier molecular flexibility index (Phi) is 5.28. The Morgan fingerprint density at radius 3 is 2.92 bits per heavy atom. The summed E-state index contributed by atoms with van der Waals surface area (Å²) in [6.45, 7) is 8.36. The van der Waals surface area contributed by atoms with Crippen LogP contribution in [0.15, 0.2) is 24.3 Å². The lowest BCUT2D eigenvalue weighted by Gasteiger charge is -2.36. The Morgan fingerprint density at radius 1 is 1.38 bits per heavy atom. The molecule has 2 heterocycles.